The number of aliphatic imine (C=N–C) groups is 3. The van der Waals surface area contributed by atoms with Crippen molar-refractivity contribution in [3.63, 3.8) is 0 Å². The van der Waals surface area contributed by atoms with Crippen LogP contribution in [0.25, 0.3) is 76.8 Å². The number of hydrogen-bond acceptors (Lipinski definition) is 1. The SMILES string of the molecule is C=NC(=NC(=NCn1c2ccccc2c2ccc3c4ccccc4n(-c4ccccc4)c3c21)c1ccccc1)c1cccc(-n2c3ccccc3c3ccccc32)c1. The number of hydrogen-bond donors (Lipinski definition) is 0. The van der Waals surface area contributed by atoms with Gasteiger partial charge in [0.15, 0.2) is 11.7 Å². The van der Waals surface area contributed by atoms with E-state index in [2.05, 4.69) is 195 Å². The van der Waals surface area contributed by atoms with Crippen molar-refractivity contribution in [1.82, 2.24) is 13.7 Å². The lowest BCUT2D eigenvalue weighted by atomic mass is 10.1. The van der Waals surface area contributed by atoms with Crippen LogP contribution < -0.4 is 0 Å². The zero-order valence-electron chi connectivity index (χ0n) is 31.6. The van der Waals surface area contributed by atoms with Gasteiger partial charge in [-0.05, 0) is 55.2 Å². The van der Waals surface area contributed by atoms with Gasteiger partial charge in [0.25, 0.3) is 0 Å². The number of fused-ring (bicyclic) bond motifs is 10. The molecule has 0 saturated heterocycles. The number of para-hydroxylation sites is 5. The molecular weight excluding hydrogens is 709 g/mol. The van der Waals surface area contributed by atoms with Crippen molar-refractivity contribution in [3.8, 4) is 11.4 Å². The molecule has 274 valence electrons. The second kappa shape index (κ2) is 13.7. The third-order valence-corrected chi connectivity index (χ3v) is 11.3. The van der Waals surface area contributed by atoms with E-state index in [1.807, 2.05) is 24.3 Å². The van der Waals surface area contributed by atoms with Gasteiger partial charge in [-0.2, -0.15) is 0 Å². The fraction of sp³-hybridized carbons (Fsp3) is 0.0192. The van der Waals surface area contributed by atoms with Gasteiger partial charge < -0.3 is 13.7 Å². The lowest BCUT2D eigenvalue weighted by Crippen LogP contribution is -2.08. The molecule has 11 aromatic rings. The van der Waals surface area contributed by atoms with Gasteiger partial charge in [-0.25, -0.2) is 15.0 Å². The Bertz CT molecular complexity index is 3380. The summed E-state index contributed by atoms with van der Waals surface area (Å²) in [5.74, 6) is 1.08. The molecule has 0 spiro atoms. The lowest BCUT2D eigenvalue weighted by Gasteiger charge is -2.12. The van der Waals surface area contributed by atoms with Crippen LogP contribution in [0.5, 0.6) is 0 Å². The molecular formula is C52H36N6. The van der Waals surface area contributed by atoms with Gasteiger partial charge in [-0.15, -0.1) is 0 Å². The summed E-state index contributed by atoms with van der Waals surface area (Å²) in [6.45, 7) is 4.34. The van der Waals surface area contributed by atoms with Crippen molar-refractivity contribution in [2.45, 2.75) is 6.67 Å². The Labute approximate surface area is 334 Å². The second-order valence-corrected chi connectivity index (χ2v) is 14.5. The van der Waals surface area contributed by atoms with Crippen LogP contribution >= 0.6 is 0 Å². The molecule has 0 amide bonds. The smallest absolute Gasteiger partial charge is 0.161 e. The van der Waals surface area contributed by atoms with E-state index in [4.69, 9.17) is 9.98 Å². The normalized spacial score (nSPS) is 12.5. The molecule has 0 radical (unpaired) electrons. The van der Waals surface area contributed by atoms with Crippen LogP contribution in [0.15, 0.2) is 209 Å². The van der Waals surface area contributed by atoms with E-state index in [1.165, 1.54) is 32.3 Å². The average molecular weight is 745 g/mol. The molecule has 58 heavy (non-hydrogen) atoms. The summed E-state index contributed by atoms with van der Waals surface area (Å²) in [6, 6.07) is 68.0. The topological polar surface area (TPSA) is 51.9 Å². The average Bonchev–Trinajstić information content (AvgIpc) is 3.93. The second-order valence-electron chi connectivity index (χ2n) is 14.5. The van der Waals surface area contributed by atoms with E-state index in [-0.39, 0.29) is 0 Å². The Morgan fingerprint density at radius 2 is 0.879 bits per heavy atom. The maximum atomic E-state index is 5.36. The van der Waals surface area contributed by atoms with Crippen LogP contribution in [-0.4, -0.2) is 32.1 Å². The summed E-state index contributed by atoms with van der Waals surface area (Å²) in [7, 11) is 0. The third-order valence-electron chi connectivity index (χ3n) is 11.3. The number of rotatable bonds is 6. The predicted octanol–water partition coefficient (Wildman–Crippen LogP) is 12.5. The van der Waals surface area contributed by atoms with Crippen molar-refractivity contribution in [2.75, 3.05) is 0 Å². The molecule has 0 N–H and O–H groups in total. The van der Waals surface area contributed by atoms with Gasteiger partial charge in [0.1, 0.15) is 6.67 Å². The fourth-order valence-corrected chi connectivity index (χ4v) is 8.77. The van der Waals surface area contributed by atoms with Gasteiger partial charge in [0, 0.05) is 54.8 Å². The van der Waals surface area contributed by atoms with Crippen molar-refractivity contribution in [1.29, 1.82) is 0 Å². The Morgan fingerprint density at radius 1 is 0.397 bits per heavy atom. The van der Waals surface area contributed by atoms with Crippen LogP contribution in [0.1, 0.15) is 11.1 Å². The van der Waals surface area contributed by atoms with Crippen molar-refractivity contribution >= 4 is 83.8 Å². The minimum absolute atomic E-state index is 0.332. The largest absolute Gasteiger partial charge is 0.318 e. The molecule has 0 fully saturated rings. The minimum Gasteiger partial charge on any atom is -0.318 e. The van der Waals surface area contributed by atoms with Crippen LogP contribution in [0.3, 0.4) is 0 Å². The summed E-state index contributed by atoms with van der Waals surface area (Å²) < 4.78 is 7.04. The number of benzene rings is 8. The van der Waals surface area contributed by atoms with Gasteiger partial charge in [-0.3, -0.25) is 0 Å². The Hall–Kier alpha value is -7.83. The molecule has 6 heteroatoms. The first-order valence-corrected chi connectivity index (χ1v) is 19.5. The summed E-state index contributed by atoms with van der Waals surface area (Å²) in [6.07, 6.45) is 0. The molecule has 8 aromatic carbocycles. The molecule has 3 heterocycles. The number of aromatic nitrogens is 3. The summed E-state index contributed by atoms with van der Waals surface area (Å²) >= 11 is 0. The zero-order chi connectivity index (χ0) is 38.6. The van der Waals surface area contributed by atoms with E-state index in [0.717, 1.165) is 55.6 Å². The fourth-order valence-electron chi connectivity index (χ4n) is 8.77. The predicted molar refractivity (Wildman–Crippen MR) is 244 cm³/mol. The van der Waals surface area contributed by atoms with Crippen molar-refractivity contribution in [2.24, 2.45) is 15.0 Å². The van der Waals surface area contributed by atoms with Gasteiger partial charge >= 0.3 is 0 Å². The molecule has 0 bridgehead atoms. The molecule has 0 atom stereocenters. The van der Waals surface area contributed by atoms with Crippen LogP contribution in [0, 0.1) is 0 Å². The monoisotopic (exact) mass is 744 g/mol. The van der Waals surface area contributed by atoms with Gasteiger partial charge in [-0.1, -0.05) is 146 Å². The maximum absolute atomic E-state index is 5.36. The van der Waals surface area contributed by atoms with E-state index < -0.39 is 0 Å². The summed E-state index contributed by atoms with van der Waals surface area (Å²) in [4.78, 5) is 15.1. The molecule has 0 aliphatic carbocycles. The third kappa shape index (κ3) is 5.30. The Kier molecular flexibility index (Phi) is 7.93. The molecule has 0 aliphatic heterocycles. The molecule has 0 saturated carbocycles. The zero-order valence-corrected chi connectivity index (χ0v) is 31.6. The van der Waals surface area contributed by atoms with Crippen LogP contribution in [-0.2, 0) is 6.67 Å². The number of amidine groups is 2. The van der Waals surface area contributed by atoms with Gasteiger partial charge in [0.05, 0.1) is 33.1 Å². The Morgan fingerprint density at radius 3 is 1.52 bits per heavy atom. The van der Waals surface area contributed by atoms with Crippen LogP contribution in [0.2, 0.25) is 0 Å². The molecule has 11 rings (SSSR count). The first-order chi connectivity index (χ1) is 28.8. The molecule has 6 nitrogen and oxygen atoms in total. The molecule has 0 unspecified atom stereocenters. The number of nitrogens with zero attached hydrogens (tertiary/aromatic N) is 6. The highest BCUT2D eigenvalue weighted by atomic mass is 15.1. The summed E-state index contributed by atoms with van der Waals surface area (Å²) in [5.41, 5.74) is 10.7. The maximum Gasteiger partial charge on any atom is 0.161 e. The Balaban J connectivity index is 1.10. The first kappa shape index (κ1) is 33.5. The molecule has 0 aliphatic rings. The summed E-state index contributed by atoms with van der Waals surface area (Å²) in [5, 5.41) is 7.19. The highest BCUT2D eigenvalue weighted by Gasteiger charge is 2.20. The van der Waals surface area contributed by atoms with Crippen molar-refractivity contribution in [3.05, 3.63) is 205 Å². The van der Waals surface area contributed by atoms with E-state index >= 15 is 0 Å². The lowest BCUT2D eigenvalue weighted by molar-refractivity contribution is 0.792. The van der Waals surface area contributed by atoms with E-state index in [0.29, 0.717) is 18.3 Å². The van der Waals surface area contributed by atoms with E-state index in [9.17, 15) is 0 Å². The minimum atomic E-state index is 0.332. The highest BCUT2D eigenvalue weighted by molar-refractivity contribution is 6.23. The highest BCUT2D eigenvalue weighted by Crippen LogP contribution is 2.40. The molecule has 3 aromatic heterocycles. The van der Waals surface area contributed by atoms with E-state index in [1.54, 1.807) is 0 Å². The first-order valence-electron chi connectivity index (χ1n) is 19.5. The standard InChI is InChI=1S/C52H36N6/c1-53-51(36-19-16-22-38(33-36)57-46-28-13-9-23-39(46)40-24-10-14-29-47(40)57)55-52(35-17-4-2-5-18-35)54-34-56-45-27-12-8-25-41(45)43-31-32-44-42-26-11-15-30-48(42)58(50(44)49(43)56)37-20-6-3-7-21-37/h2-33H,1,34H2. The quantitative estimate of drug-likeness (QED) is 0.120. The van der Waals surface area contributed by atoms with Gasteiger partial charge in [0.2, 0.25) is 0 Å². The van der Waals surface area contributed by atoms with Crippen molar-refractivity contribution < 1.29 is 0 Å². The van der Waals surface area contributed by atoms with Crippen LogP contribution in [0.4, 0.5) is 0 Å².